The predicted molar refractivity (Wildman–Crippen MR) is 89.7 cm³/mol. The molecule has 1 heterocycles. The molecule has 0 radical (unpaired) electrons. The third-order valence-corrected chi connectivity index (χ3v) is 4.79. The van der Waals surface area contributed by atoms with Crippen molar-refractivity contribution in [2.75, 3.05) is 46.3 Å². The van der Waals surface area contributed by atoms with Gasteiger partial charge in [0.15, 0.2) is 0 Å². The highest BCUT2D eigenvalue weighted by molar-refractivity contribution is 5.75. The first-order valence-corrected chi connectivity index (χ1v) is 8.51. The molecule has 22 heavy (non-hydrogen) atoms. The van der Waals surface area contributed by atoms with E-state index in [0.29, 0.717) is 12.6 Å². The van der Waals surface area contributed by atoms with E-state index < -0.39 is 0 Å². The first-order chi connectivity index (χ1) is 10.6. The van der Waals surface area contributed by atoms with Crippen LogP contribution in [0.3, 0.4) is 0 Å². The van der Waals surface area contributed by atoms with Crippen LogP contribution in [0.25, 0.3) is 0 Å². The van der Waals surface area contributed by atoms with Gasteiger partial charge in [-0.1, -0.05) is 18.8 Å². The van der Waals surface area contributed by atoms with Crippen molar-refractivity contribution in [2.24, 2.45) is 0 Å². The lowest BCUT2D eigenvalue weighted by atomic mass is 10.2. The van der Waals surface area contributed by atoms with Crippen molar-refractivity contribution >= 4 is 6.03 Å². The number of urea groups is 1. The Kier molecular flexibility index (Phi) is 6.53. The van der Waals surface area contributed by atoms with Gasteiger partial charge in [-0.25, -0.2) is 4.79 Å². The first-order valence-electron chi connectivity index (χ1n) is 8.51. The van der Waals surface area contributed by atoms with Crippen LogP contribution in [0.5, 0.6) is 0 Å². The van der Waals surface area contributed by atoms with E-state index in [-0.39, 0.29) is 12.1 Å². The van der Waals surface area contributed by atoms with E-state index in [1.54, 1.807) is 0 Å². The van der Waals surface area contributed by atoms with Crippen molar-refractivity contribution in [1.82, 2.24) is 20.0 Å². The van der Waals surface area contributed by atoms with Crippen molar-refractivity contribution in [1.29, 1.82) is 0 Å². The standard InChI is InChI=1S/C17H30N4O/c1-4-9-21(16-7-5-6-8-16)17(22)18-15(2)14-20-12-10-19(3)11-13-20/h1,15-16H,5-14H2,2-3H3,(H,18,22)/t15-/m1/s1. The van der Waals surface area contributed by atoms with Gasteiger partial charge < -0.3 is 15.1 Å². The number of rotatable bonds is 5. The zero-order chi connectivity index (χ0) is 15.9. The maximum Gasteiger partial charge on any atom is 0.318 e. The molecule has 1 N–H and O–H groups in total. The minimum absolute atomic E-state index is 0.00600. The number of nitrogens with one attached hydrogen (secondary N) is 1. The molecule has 2 rings (SSSR count). The van der Waals surface area contributed by atoms with Crippen molar-refractivity contribution in [3.8, 4) is 12.3 Å². The zero-order valence-electron chi connectivity index (χ0n) is 14.1. The summed E-state index contributed by atoms with van der Waals surface area (Å²) in [4.78, 5) is 19.1. The molecule has 0 spiro atoms. The number of hydrogen-bond donors (Lipinski definition) is 1. The summed E-state index contributed by atoms with van der Waals surface area (Å²) < 4.78 is 0. The van der Waals surface area contributed by atoms with Crippen molar-refractivity contribution in [3.05, 3.63) is 0 Å². The van der Waals surface area contributed by atoms with Gasteiger partial charge in [-0.2, -0.15) is 0 Å². The molecule has 2 fully saturated rings. The fourth-order valence-electron chi connectivity index (χ4n) is 3.44. The lowest BCUT2D eigenvalue weighted by Crippen LogP contribution is -2.53. The third kappa shape index (κ3) is 4.89. The number of terminal acetylenes is 1. The fourth-order valence-corrected chi connectivity index (χ4v) is 3.44. The second-order valence-corrected chi connectivity index (χ2v) is 6.72. The van der Waals surface area contributed by atoms with Crippen LogP contribution in [0.15, 0.2) is 0 Å². The molecule has 0 aromatic heterocycles. The van der Waals surface area contributed by atoms with E-state index in [1.807, 2.05) is 4.90 Å². The number of carbonyl (C=O) groups excluding carboxylic acids is 1. The first kappa shape index (κ1) is 17.1. The average Bonchev–Trinajstić information content (AvgIpc) is 3.01. The average molecular weight is 306 g/mol. The molecule has 1 saturated heterocycles. The SMILES string of the molecule is C#CCN(C(=O)N[C@H](C)CN1CCN(C)CC1)C1CCCC1. The van der Waals surface area contributed by atoms with Crippen molar-refractivity contribution < 1.29 is 4.79 Å². The van der Waals surface area contributed by atoms with Gasteiger partial charge in [-0.05, 0) is 26.8 Å². The summed E-state index contributed by atoms with van der Waals surface area (Å²) in [6.07, 6.45) is 10.0. The Balaban J connectivity index is 1.79. The lowest BCUT2D eigenvalue weighted by Gasteiger charge is -2.35. The number of amides is 2. The van der Waals surface area contributed by atoms with Gasteiger partial charge in [0.25, 0.3) is 0 Å². The highest BCUT2D eigenvalue weighted by Crippen LogP contribution is 2.23. The quantitative estimate of drug-likeness (QED) is 0.776. The molecule has 1 aliphatic heterocycles. The van der Waals surface area contributed by atoms with Crippen LogP contribution in [-0.2, 0) is 0 Å². The molecule has 1 saturated carbocycles. The molecule has 1 atom stereocenters. The Morgan fingerprint density at radius 3 is 2.55 bits per heavy atom. The predicted octanol–water partition coefficient (Wildman–Crippen LogP) is 1.21. The van der Waals surface area contributed by atoms with E-state index in [2.05, 4.69) is 35.0 Å². The molecule has 0 aromatic carbocycles. The van der Waals surface area contributed by atoms with Crippen LogP contribution in [0.2, 0.25) is 0 Å². The number of likely N-dealkylation sites (N-methyl/N-ethyl adjacent to an activating group) is 1. The number of carbonyl (C=O) groups is 1. The Labute approximate surface area is 135 Å². The molecule has 1 aliphatic carbocycles. The van der Waals surface area contributed by atoms with Gasteiger partial charge in [0, 0.05) is 44.8 Å². The van der Waals surface area contributed by atoms with Gasteiger partial charge in [0.1, 0.15) is 0 Å². The summed E-state index contributed by atoms with van der Waals surface area (Å²) in [6, 6.07) is 0.482. The summed E-state index contributed by atoms with van der Waals surface area (Å²) in [5, 5.41) is 3.14. The monoisotopic (exact) mass is 306 g/mol. The molecule has 124 valence electrons. The van der Waals surface area contributed by atoms with Crippen LogP contribution < -0.4 is 5.32 Å². The molecule has 0 aromatic rings. The Morgan fingerprint density at radius 1 is 1.32 bits per heavy atom. The minimum atomic E-state index is 0.00600. The highest BCUT2D eigenvalue weighted by atomic mass is 16.2. The second kappa shape index (κ2) is 8.40. The molecule has 0 bridgehead atoms. The van der Waals surface area contributed by atoms with Gasteiger partial charge in [0.05, 0.1) is 6.54 Å². The zero-order valence-corrected chi connectivity index (χ0v) is 14.1. The summed E-state index contributed by atoms with van der Waals surface area (Å²) in [7, 11) is 2.15. The van der Waals surface area contributed by atoms with Crippen LogP contribution in [0.4, 0.5) is 4.79 Å². The van der Waals surface area contributed by atoms with E-state index >= 15 is 0 Å². The van der Waals surface area contributed by atoms with Crippen LogP contribution >= 0.6 is 0 Å². The van der Waals surface area contributed by atoms with E-state index in [9.17, 15) is 4.79 Å². The number of hydrogen-bond acceptors (Lipinski definition) is 3. The smallest absolute Gasteiger partial charge is 0.318 e. The fraction of sp³-hybridized carbons (Fsp3) is 0.824. The Hall–Kier alpha value is -1.25. The van der Waals surface area contributed by atoms with Gasteiger partial charge >= 0.3 is 6.03 Å². The maximum absolute atomic E-state index is 12.5. The molecule has 2 amide bonds. The summed E-state index contributed by atoms with van der Waals surface area (Å²) in [5.41, 5.74) is 0. The van der Waals surface area contributed by atoms with Crippen LogP contribution in [-0.4, -0.2) is 79.1 Å². The van der Waals surface area contributed by atoms with Gasteiger partial charge in [-0.3, -0.25) is 4.90 Å². The van der Waals surface area contributed by atoms with E-state index in [0.717, 1.165) is 45.6 Å². The third-order valence-electron chi connectivity index (χ3n) is 4.79. The lowest BCUT2D eigenvalue weighted by molar-refractivity contribution is 0.140. The largest absolute Gasteiger partial charge is 0.334 e. The molecule has 0 unspecified atom stereocenters. The highest BCUT2D eigenvalue weighted by Gasteiger charge is 2.27. The van der Waals surface area contributed by atoms with Crippen molar-refractivity contribution in [2.45, 2.75) is 44.7 Å². The molecule has 5 heteroatoms. The van der Waals surface area contributed by atoms with E-state index in [4.69, 9.17) is 6.42 Å². The number of nitrogens with zero attached hydrogens (tertiary/aromatic N) is 3. The Bertz CT molecular complexity index is 392. The minimum Gasteiger partial charge on any atom is -0.334 e. The normalized spacial score (nSPS) is 22.2. The second-order valence-electron chi connectivity index (χ2n) is 6.72. The summed E-state index contributed by atoms with van der Waals surface area (Å²) in [6.45, 7) is 7.77. The van der Waals surface area contributed by atoms with Crippen molar-refractivity contribution in [3.63, 3.8) is 0 Å². The molecular formula is C17H30N4O. The molecular weight excluding hydrogens is 276 g/mol. The summed E-state index contributed by atoms with van der Waals surface area (Å²) in [5.74, 6) is 2.63. The van der Waals surface area contributed by atoms with Gasteiger partial charge in [0.2, 0.25) is 0 Å². The Morgan fingerprint density at radius 2 is 1.95 bits per heavy atom. The maximum atomic E-state index is 12.5. The molecule has 5 nitrogen and oxygen atoms in total. The van der Waals surface area contributed by atoms with Crippen LogP contribution in [0, 0.1) is 12.3 Å². The van der Waals surface area contributed by atoms with Crippen LogP contribution in [0.1, 0.15) is 32.6 Å². The number of piperazine rings is 1. The molecule has 2 aliphatic rings. The van der Waals surface area contributed by atoms with Gasteiger partial charge in [-0.15, -0.1) is 6.42 Å². The topological polar surface area (TPSA) is 38.8 Å². The van der Waals surface area contributed by atoms with E-state index in [1.165, 1.54) is 12.8 Å². The summed E-state index contributed by atoms with van der Waals surface area (Å²) >= 11 is 0.